The number of Topliss-reactive ketones (excluding diaryl/α,β-unsaturated/α-hetero) is 1. The lowest BCUT2D eigenvalue weighted by molar-refractivity contribution is -0.134. The van der Waals surface area contributed by atoms with Gasteiger partial charge in [-0.1, -0.05) is 32.1 Å². The van der Waals surface area contributed by atoms with Crippen LogP contribution >= 0.6 is 0 Å². The van der Waals surface area contributed by atoms with Crippen molar-refractivity contribution >= 4 is 23.5 Å². The molecular formula is C27H32N2O4. The molecule has 7 atom stereocenters. The van der Waals surface area contributed by atoms with Crippen LogP contribution in [0.25, 0.3) is 0 Å². The molecule has 5 rings (SSSR count). The number of ether oxygens (including phenoxy) is 1. The topological polar surface area (TPSA) is 85.4 Å². The smallest absolute Gasteiger partial charge is 0.413 e. The number of hydrogen-bond acceptors (Lipinski definition) is 5. The van der Waals surface area contributed by atoms with E-state index in [1.807, 2.05) is 6.07 Å². The zero-order valence-corrected chi connectivity index (χ0v) is 19.5. The van der Waals surface area contributed by atoms with Crippen molar-refractivity contribution in [2.24, 2.45) is 34.5 Å². The van der Waals surface area contributed by atoms with Gasteiger partial charge in [0.05, 0.1) is 0 Å². The number of hydrogen-bond donors (Lipinski definition) is 1. The van der Waals surface area contributed by atoms with Gasteiger partial charge < -0.3 is 4.74 Å². The van der Waals surface area contributed by atoms with Crippen LogP contribution in [-0.4, -0.2) is 28.7 Å². The molecule has 6 nitrogen and oxygen atoms in total. The first-order valence-corrected chi connectivity index (χ1v) is 12.0. The molecule has 0 aromatic carbocycles. The maximum absolute atomic E-state index is 13.0. The van der Waals surface area contributed by atoms with Crippen molar-refractivity contribution in [2.75, 3.05) is 5.32 Å². The fourth-order valence-corrected chi connectivity index (χ4v) is 7.58. The van der Waals surface area contributed by atoms with Crippen molar-refractivity contribution in [1.82, 2.24) is 4.98 Å². The van der Waals surface area contributed by atoms with Crippen LogP contribution in [0.15, 0.2) is 48.2 Å². The third kappa shape index (κ3) is 3.54. The predicted molar refractivity (Wildman–Crippen MR) is 124 cm³/mol. The Bertz CT molecular complexity index is 1050. The van der Waals surface area contributed by atoms with E-state index in [4.69, 9.17) is 4.74 Å². The Morgan fingerprint density at radius 3 is 2.76 bits per heavy atom. The number of amides is 1. The number of carbonyl (C=O) groups is 3. The fourth-order valence-electron chi connectivity index (χ4n) is 7.58. The molecule has 0 spiro atoms. The van der Waals surface area contributed by atoms with E-state index in [0.717, 1.165) is 24.8 Å². The summed E-state index contributed by atoms with van der Waals surface area (Å²) in [5, 5.41) is 2.76. The van der Waals surface area contributed by atoms with Gasteiger partial charge in [0.2, 0.25) is 0 Å². The van der Waals surface area contributed by atoms with Gasteiger partial charge in [0, 0.05) is 24.5 Å². The third-order valence-electron chi connectivity index (χ3n) is 9.07. The lowest BCUT2D eigenvalue weighted by atomic mass is 9.47. The van der Waals surface area contributed by atoms with Crippen molar-refractivity contribution in [2.45, 2.75) is 59.0 Å². The van der Waals surface area contributed by atoms with Gasteiger partial charge in [-0.2, -0.15) is 0 Å². The van der Waals surface area contributed by atoms with E-state index in [-0.39, 0.29) is 46.3 Å². The summed E-state index contributed by atoms with van der Waals surface area (Å²) < 4.78 is 6.16. The van der Waals surface area contributed by atoms with E-state index in [9.17, 15) is 14.4 Å². The van der Waals surface area contributed by atoms with Crippen LogP contribution < -0.4 is 5.32 Å². The molecule has 1 N–H and O–H groups in total. The van der Waals surface area contributed by atoms with Crippen LogP contribution in [-0.2, 0) is 14.3 Å². The second kappa shape index (κ2) is 7.93. The largest absolute Gasteiger partial charge is 0.446 e. The second-order valence-electron chi connectivity index (χ2n) is 10.8. The van der Waals surface area contributed by atoms with Gasteiger partial charge in [-0.15, -0.1) is 0 Å². The van der Waals surface area contributed by atoms with Crippen LogP contribution in [0, 0.1) is 34.5 Å². The number of fused-ring (bicyclic) bond motifs is 5. The molecule has 0 radical (unpaired) electrons. The van der Waals surface area contributed by atoms with Crippen LogP contribution in [0.5, 0.6) is 0 Å². The summed E-state index contributed by atoms with van der Waals surface area (Å²) in [4.78, 5) is 41.9. The van der Waals surface area contributed by atoms with Gasteiger partial charge in [-0.05, 0) is 79.1 Å². The summed E-state index contributed by atoms with van der Waals surface area (Å²) in [7, 11) is 0. The summed E-state index contributed by atoms with van der Waals surface area (Å²) in [5.41, 5.74) is 0.595. The molecule has 4 aliphatic carbocycles. The van der Waals surface area contributed by atoms with Gasteiger partial charge in [0.1, 0.15) is 17.7 Å². The van der Waals surface area contributed by atoms with Gasteiger partial charge in [0.15, 0.2) is 5.78 Å². The normalized spacial score (nSPS) is 39.1. The maximum atomic E-state index is 13.0. The molecule has 6 heteroatoms. The van der Waals surface area contributed by atoms with Crippen molar-refractivity contribution < 1.29 is 19.1 Å². The molecule has 1 heterocycles. The molecule has 1 aromatic rings. The van der Waals surface area contributed by atoms with E-state index < -0.39 is 6.09 Å². The first-order valence-electron chi connectivity index (χ1n) is 12.0. The van der Waals surface area contributed by atoms with Gasteiger partial charge >= 0.3 is 6.09 Å². The van der Waals surface area contributed by atoms with E-state index in [1.54, 1.807) is 31.3 Å². The summed E-state index contributed by atoms with van der Waals surface area (Å²) >= 11 is 0. The standard InChI is InChI=1S/C27H32N2O4/c1-16(30)20-9-10-21-19-8-7-17-14-18(31)11-12-26(17,2)24(19)22(15-27(20,21)3)33-25(32)29-23-6-4-5-13-28-23/h4-8,13-14,19-22,24H,9-12,15H2,1-3H3,(H,28,29,32)/t19?,20?,21?,22?,24?,26-,27?/m1/s1. The average Bonchev–Trinajstić information content (AvgIpc) is 3.11. The Morgan fingerprint density at radius 2 is 2.03 bits per heavy atom. The zero-order valence-electron chi connectivity index (χ0n) is 19.5. The fraction of sp³-hybridized carbons (Fsp3) is 0.556. The molecule has 2 saturated carbocycles. The molecule has 0 bridgehead atoms. The van der Waals surface area contributed by atoms with Gasteiger partial charge in [0.25, 0.3) is 0 Å². The summed E-state index contributed by atoms with van der Waals surface area (Å²) in [6, 6.07) is 5.33. The average molecular weight is 449 g/mol. The predicted octanol–water partition coefficient (Wildman–Crippen LogP) is 5.12. The van der Waals surface area contributed by atoms with Crippen molar-refractivity contribution in [3.8, 4) is 0 Å². The quantitative estimate of drug-likeness (QED) is 0.694. The summed E-state index contributed by atoms with van der Waals surface area (Å²) in [6.45, 7) is 6.13. The lowest BCUT2D eigenvalue weighted by Crippen LogP contribution is -2.57. The Kier molecular flexibility index (Phi) is 5.30. The molecule has 0 aliphatic heterocycles. The minimum Gasteiger partial charge on any atom is -0.446 e. The van der Waals surface area contributed by atoms with E-state index in [2.05, 4.69) is 36.3 Å². The second-order valence-corrected chi connectivity index (χ2v) is 10.8. The number of nitrogens with zero attached hydrogens (tertiary/aromatic N) is 1. The first-order chi connectivity index (χ1) is 15.7. The molecule has 6 unspecified atom stereocenters. The molecule has 174 valence electrons. The molecule has 0 saturated heterocycles. The van der Waals surface area contributed by atoms with Crippen LogP contribution in [0.1, 0.15) is 52.9 Å². The number of aromatic nitrogens is 1. The highest BCUT2D eigenvalue weighted by Crippen LogP contribution is 2.65. The molecule has 2 fully saturated rings. The SMILES string of the molecule is CC(=O)C1CCC2C3C=CC4=CC(=O)CC[C@@]4(C)C3C(OC(=O)Nc3ccccn3)CC12C. The highest BCUT2D eigenvalue weighted by atomic mass is 16.6. The van der Waals surface area contributed by atoms with E-state index in [0.29, 0.717) is 24.6 Å². The number of ketones is 2. The molecule has 4 aliphatic rings. The summed E-state index contributed by atoms with van der Waals surface area (Å²) in [6.07, 6.45) is 10.7. The maximum Gasteiger partial charge on any atom is 0.413 e. The highest BCUT2D eigenvalue weighted by Gasteiger charge is 2.63. The Balaban J connectivity index is 1.52. The molecular weight excluding hydrogens is 416 g/mol. The minimum absolute atomic E-state index is 0.0144. The van der Waals surface area contributed by atoms with Crippen LogP contribution in [0.3, 0.4) is 0 Å². The number of carbonyl (C=O) groups excluding carboxylic acids is 3. The Morgan fingerprint density at radius 1 is 1.21 bits per heavy atom. The third-order valence-corrected chi connectivity index (χ3v) is 9.07. The van der Waals surface area contributed by atoms with Gasteiger partial charge in [-0.3, -0.25) is 14.9 Å². The zero-order chi connectivity index (χ0) is 23.4. The number of allylic oxidation sites excluding steroid dienone is 4. The van der Waals surface area contributed by atoms with Crippen molar-refractivity contribution in [3.05, 3.63) is 48.2 Å². The van der Waals surface area contributed by atoms with Crippen LogP contribution in [0.4, 0.5) is 10.6 Å². The number of pyridine rings is 1. The van der Waals surface area contributed by atoms with Crippen molar-refractivity contribution in [3.63, 3.8) is 0 Å². The number of nitrogens with one attached hydrogen (secondary N) is 1. The van der Waals surface area contributed by atoms with E-state index >= 15 is 0 Å². The van der Waals surface area contributed by atoms with E-state index in [1.165, 1.54) is 0 Å². The first kappa shape index (κ1) is 22.1. The number of rotatable bonds is 3. The Hall–Kier alpha value is -2.76. The minimum atomic E-state index is -0.521. The molecule has 1 amide bonds. The van der Waals surface area contributed by atoms with Crippen molar-refractivity contribution in [1.29, 1.82) is 0 Å². The lowest BCUT2D eigenvalue weighted by Gasteiger charge is -2.58. The molecule has 33 heavy (non-hydrogen) atoms. The Labute approximate surface area is 194 Å². The summed E-state index contributed by atoms with van der Waals surface area (Å²) in [5.74, 6) is 1.46. The molecule has 1 aromatic heterocycles. The van der Waals surface area contributed by atoms with Gasteiger partial charge in [-0.25, -0.2) is 9.78 Å². The number of anilines is 1. The highest BCUT2D eigenvalue weighted by molar-refractivity contribution is 5.92. The van der Waals surface area contributed by atoms with Crippen LogP contribution in [0.2, 0.25) is 0 Å². The monoisotopic (exact) mass is 448 g/mol.